The van der Waals surface area contributed by atoms with Gasteiger partial charge in [0.05, 0.1) is 15.5 Å². The standard InChI is InChI=1S/C10H12INOS/c1-12-10(8-3-2-4-13-8)7-5-9(11)14-6-7/h3,5-6,10,12H,2,4H2,1H3. The van der Waals surface area contributed by atoms with Crippen LogP contribution in [0, 0.1) is 2.88 Å². The van der Waals surface area contributed by atoms with E-state index in [1.807, 2.05) is 7.05 Å². The number of rotatable bonds is 3. The van der Waals surface area contributed by atoms with Crippen molar-refractivity contribution in [1.82, 2.24) is 5.32 Å². The molecule has 1 unspecified atom stereocenters. The molecular formula is C10H12INOS. The molecule has 0 bridgehead atoms. The molecule has 1 aliphatic rings. The van der Waals surface area contributed by atoms with Crippen molar-refractivity contribution in [2.75, 3.05) is 13.7 Å². The van der Waals surface area contributed by atoms with Crippen molar-refractivity contribution in [2.45, 2.75) is 12.5 Å². The highest BCUT2D eigenvalue weighted by atomic mass is 127. The highest BCUT2D eigenvalue weighted by Gasteiger charge is 2.19. The zero-order chi connectivity index (χ0) is 9.97. The molecule has 0 saturated carbocycles. The van der Waals surface area contributed by atoms with Gasteiger partial charge in [0.25, 0.3) is 0 Å². The summed E-state index contributed by atoms with van der Waals surface area (Å²) in [5, 5.41) is 5.47. The first-order valence-corrected chi connectivity index (χ1v) is 6.51. The lowest BCUT2D eigenvalue weighted by Crippen LogP contribution is -2.18. The molecule has 2 nitrogen and oxygen atoms in total. The average Bonchev–Trinajstić information content (AvgIpc) is 2.79. The van der Waals surface area contributed by atoms with E-state index in [4.69, 9.17) is 4.74 Å². The van der Waals surface area contributed by atoms with Gasteiger partial charge in [-0.1, -0.05) is 0 Å². The lowest BCUT2D eigenvalue weighted by molar-refractivity contribution is 0.218. The number of hydrogen-bond donors (Lipinski definition) is 1. The molecule has 0 saturated heterocycles. The first-order chi connectivity index (χ1) is 6.81. The van der Waals surface area contributed by atoms with Crippen LogP contribution in [0.5, 0.6) is 0 Å². The van der Waals surface area contributed by atoms with E-state index in [-0.39, 0.29) is 6.04 Å². The van der Waals surface area contributed by atoms with Gasteiger partial charge in [-0.2, -0.15) is 0 Å². The van der Waals surface area contributed by atoms with Crippen molar-refractivity contribution < 1.29 is 4.74 Å². The zero-order valence-corrected chi connectivity index (χ0v) is 10.9. The SMILES string of the molecule is CNC(C1=CCCO1)c1csc(I)c1. The number of likely N-dealkylation sites (N-methyl/N-ethyl adjacent to an activating group) is 1. The van der Waals surface area contributed by atoms with E-state index in [0.717, 1.165) is 18.8 Å². The van der Waals surface area contributed by atoms with Gasteiger partial charge in [-0.25, -0.2) is 0 Å². The van der Waals surface area contributed by atoms with E-state index >= 15 is 0 Å². The Bertz CT molecular complexity index is 348. The van der Waals surface area contributed by atoms with Crippen molar-refractivity contribution in [3.8, 4) is 0 Å². The molecule has 0 aliphatic carbocycles. The van der Waals surface area contributed by atoms with Crippen molar-refractivity contribution in [3.63, 3.8) is 0 Å². The predicted molar refractivity (Wildman–Crippen MR) is 67.5 cm³/mol. The molecule has 0 fully saturated rings. The van der Waals surface area contributed by atoms with E-state index < -0.39 is 0 Å². The summed E-state index contributed by atoms with van der Waals surface area (Å²) >= 11 is 4.11. The first kappa shape index (κ1) is 10.4. The first-order valence-electron chi connectivity index (χ1n) is 4.55. The molecule has 0 radical (unpaired) electrons. The highest BCUT2D eigenvalue weighted by molar-refractivity contribution is 14.1. The molecule has 0 aromatic carbocycles. The minimum absolute atomic E-state index is 0.234. The summed E-state index contributed by atoms with van der Waals surface area (Å²) in [6.45, 7) is 0.828. The van der Waals surface area contributed by atoms with E-state index in [0.29, 0.717) is 0 Å². The largest absolute Gasteiger partial charge is 0.496 e. The number of halogens is 1. The minimum atomic E-state index is 0.234. The lowest BCUT2D eigenvalue weighted by Gasteiger charge is -2.15. The van der Waals surface area contributed by atoms with Crippen molar-refractivity contribution in [3.05, 3.63) is 31.7 Å². The molecule has 2 rings (SSSR count). The maximum atomic E-state index is 5.57. The monoisotopic (exact) mass is 321 g/mol. The van der Waals surface area contributed by atoms with Gasteiger partial charge in [-0.15, -0.1) is 11.3 Å². The molecular weight excluding hydrogens is 309 g/mol. The smallest absolute Gasteiger partial charge is 0.114 e. The van der Waals surface area contributed by atoms with Crippen molar-refractivity contribution in [1.29, 1.82) is 0 Å². The summed E-state index contributed by atoms with van der Waals surface area (Å²) in [6.07, 6.45) is 3.21. The zero-order valence-electron chi connectivity index (χ0n) is 7.92. The Morgan fingerprint density at radius 2 is 2.50 bits per heavy atom. The topological polar surface area (TPSA) is 21.3 Å². The third-order valence-electron chi connectivity index (χ3n) is 2.23. The van der Waals surface area contributed by atoms with Gasteiger partial charge in [0.15, 0.2) is 0 Å². The number of ether oxygens (including phenoxy) is 1. The molecule has 2 heterocycles. The van der Waals surface area contributed by atoms with Gasteiger partial charge < -0.3 is 10.1 Å². The highest BCUT2D eigenvalue weighted by Crippen LogP contribution is 2.29. The summed E-state index contributed by atoms with van der Waals surface area (Å²) < 4.78 is 6.89. The summed E-state index contributed by atoms with van der Waals surface area (Å²) in [6, 6.07) is 2.44. The van der Waals surface area contributed by atoms with E-state index in [1.165, 1.54) is 8.45 Å². The van der Waals surface area contributed by atoms with Gasteiger partial charge >= 0.3 is 0 Å². The van der Waals surface area contributed by atoms with Crippen LogP contribution in [0.2, 0.25) is 0 Å². The second-order valence-electron chi connectivity index (χ2n) is 3.15. The van der Waals surface area contributed by atoms with E-state index in [9.17, 15) is 0 Å². The molecule has 0 spiro atoms. The van der Waals surface area contributed by atoms with Crippen LogP contribution >= 0.6 is 33.9 Å². The average molecular weight is 321 g/mol. The molecule has 1 aliphatic heterocycles. The number of hydrogen-bond acceptors (Lipinski definition) is 3. The minimum Gasteiger partial charge on any atom is -0.496 e. The molecule has 1 aromatic heterocycles. The molecule has 76 valence electrons. The fourth-order valence-electron chi connectivity index (χ4n) is 1.59. The third-order valence-corrected chi connectivity index (χ3v) is 4.03. The Morgan fingerprint density at radius 3 is 3.00 bits per heavy atom. The van der Waals surface area contributed by atoms with Gasteiger partial charge in [-0.05, 0) is 52.7 Å². The fourth-order valence-corrected chi connectivity index (χ4v) is 2.98. The second-order valence-corrected chi connectivity index (χ2v) is 5.95. The van der Waals surface area contributed by atoms with Crippen LogP contribution in [0.25, 0.3) is 0 Å². The summed E-state index contributed by atoms with van der Waals surface area (Å²) in [5.41, 5.74) is 1.30. The van der Waals surface area contributed by atoms with E-state index in [2.05, 4.69) is 45.4 Å². The van der Waals surface area contributed by atoms with Gasteiger partial charge in [-0.3, -0.25) is 0 Å². The second kappa shape index (κ2) is 4.63. The van der Waals surface area contributed by atoms with Gasteiger partial charge in [0.2, 0.25) is 0 Å². The Kier molecular flexibility index (Phi) is 3.46. The van der Waals surface area contributed by atoms with Crippen LogP contribution in [-0.4, -0.2) is 13.7 Å². The van der Waals surface area contributed by atoms with Crippen LogP contribution < -0.4 is 5.32 Å². The molecule has 1 N–H and O–H groups in total. The predicted octanol–water partition coefficient (Wildman–Crippen LogP) is 2.92. The number of nitrogens with one attached hydrogen (secondary N) is 1. The van der Waals surface area contributed by atoms with Crippen LogP contribution in [0.1, 0.15) is 18.0 Å². The Morgan fingerprint density at radius 1 is 1.64 bits per heavy atom. The molecule has 4 heteroatoms. The van der Waals surface area contributed by atoms with Gasteiger partial charge in [0.1, 0.15) is 5.76 Å². The molecule has 0 amide bonds. The molecule has 14 heavy (non-hydrogen) atoms. The van der Waals surface area contributed by atoms with Crippen molar-refractivity contribution in [2.24, 2.45) is 0 Å². The third kappa shape index (κ3) is 2.12. The van der Waals surface area contributed by atoms with Crippen molar-refractivity contribution >= 4 is 33.9 Å². The van der Waals surface area contributed by atoms with E-state index in [1.54, 1.807) is 11.3 Å². The maximum Gasteiger partial charge on any atom is 0.114 e. The normalized spacial score (nSPS) is 17.7. The summed E-state index contributed by atoms with van der Waals surface area (Å²) in [4.78, 5) is 0. The summed E-state index contributed by atoms with van der Waals surface area (Å²) in [5.74, 6) is 1.07. The Hall–Kier alpha value is -0.0700. The Labute approximate surface area is 101 Å². The summed E-state index contributed by atoms with van der Waals surface area (Å²) in [7, 11) is 1.97. The quantitative estimate of drug-likeness (QED) is 0.865. The van der Waals surface area contributed by atoms with Crippen LogP contribution in [0.4, 0.5) is 0 Å². The fraction of sp³-hybridized carbons (Fsp3) is 0.400. The molecule has 1 aromatic rings. The maximum absolute atomic E-state index is 5.57. The molecule has 1 atom stereocenters. The lowest BCUT2D eigenvalue weighted by atomic mass is 10.1. The van der Waals surface area contributed by atoms with Crippen LogP contribution in [0.15, 0.2) is 23.3 Å². The number of thiophene rings is 1. The van der Waals surface area contributed by atoms with Crippen LogP contribution in [-0.2, 0) is 4.74 Å². The van der Waals surface area contributed by atoms with Gasteiger partial charge in [0, 0.05) is 6.42 Å². The Balaban J connectivity index is 2.20. The van der Waals surface area contributed by atoms with Crippen LogP contribution in [0.3, 0.4) is 0 Å².